The van der Waals surface area contributed by atoms with E-state index in [1.165, 1.54) is 12.1 Å². The van der Waals surface area contributed by atoms with E-state index in [2.05, 4.69) is 29.0 Å². The molecule has 1 N–H and O–H groups in total. The first-order valence-electron chi connectivity index (χ1n) is 10.3. The molecular formula is C21H33FN4O2. The maximum absolute atomic E-state index is 13.1. The Morgan fingerprint density at radius 1 is 1.07 bits per heavy atom. The van der Waals surface area contributed by atoms with E-state index in [0.29, 0.717) is 13.1 Å². The number of carbonyl (C=O) groups is 1. The number of halogens is 1. The molecule has 2 heterocycles. The molecule has 2 aliphatic rings. The molecule has 156 valence electrons. The van der Waals surface area contributed by atoms with Crippen molar-refractivity contribution in [1.29, 1.82) is 0 Å². The van der Waals surface area contributed by atoms with E-state index >= 15 is 0 Å². The fourth-order valence-electron chi connectivity index (χ4n) is 3.86. The Hall–Kier alpha value is -1.70. The quantitative estimate of drug-likeness (QED) is 0.834. The lowest BCUT2D eigenvalue weighted by molar-refractivity contribution is -0.00903. The van der Waals surface area contributed by atoms with Gasteiger partial charge in [0.25, 0.3) is 0 Å². The summed E-state index contributed by atoms with van der Waals surface area (Å²) in [4.78, 5) is 19.3. The Labute approximate surface area is 167 Å². The summed E-state index contributed by atoms with van der Waals surface area (Å²) in [5, 5.41) is 3.13. The molecule has 28 heavy (non-hydrogen) atoms. The molecule has 0 aromatic heterocycles. The van der Waals surface area contributed by atoms with Gasteiger partial charge in [-0.25, -0.2) is 9.18 Å². The smallest absolute Gasteiger partial charge is 0.317 e. The van der Waals surface area contributed by atoms with Crippen LogP contribution in [-0.2, 0) is 11.3 Å². The molecule has 0 radical (unpaired) electrons. The lowest BCUT2D eigenvalue weighted by Gasteiger charge is -2.41. The second kappa shape index (κ2) is 9.67. The summed E-state index contributed by atoms with van der Waals surface area (Å²) in [6.07, 6.45) is 0.946. The molecule has 0 unspecified atom stereocenters. The van der Waals surface area contributed by atoms with Crippen LogP contribution in [0.15, 0.2) is 24.3 Å². The number of carbonyl (C=O) groups excluding carboxylic acids is 1. The lowest BCUT2D eigenvalue weighted by atomic mass is 10.0. The zero-order chi connectivity index (χ0) is 20.0. The monoisotopic (exact) mass is 392 g/mol. The van der Waals surface area contributed by atoms with Crippen LogP contribution in [0, 0.1) is 5.82 Å². The summed E-state index contributed by atoms with van der Waals surface area (Å²) >= 11 is 0. The van der Waals surface area contributed by atoms with Crippen molar-refractivity contribution in [2.75, 3.05) is 59.0 Å². The van der Waals surface area contributed by atoms with Gasteiger partial charge < -0.3 is 15.0 Å². The van der Waals surface area contributed by atoms with Crippen LogP contribution in [0.1, 0.15) is 25.8 Å². The lowest BCUT2D eigenvalue weighted by Crippen LogP contribution is -2.56. The van der Waals surface area contributed by atoms with Crippen molar-refractivity contribution in [2.45, 2.75) is 32.4 Å². The summed E-state index contributed by atoms with van der Waals surface area (Å²) in [5.41, 5.74) is 1.02. The van der Waals surface area contributed by atoms with Gasteiger partial charge in [0.2, 0.25) is 0 Å². The Kier molecular flexibility index (Phi) is 7.26. The number of urea groups is 1. The number of nitrogens with zero attached hydrogens (tertiary/aromatic N) is 3. The summed E-state index contributed by atoms with van der Waals surface area (Å²) in [7, 11) is 0. The van der Waals surface area contributed by atoms with Gasteiger partial charge in [-0.1, -0.05) is 12.1 Å². The van der Waals surface area contributed by atoms with Crippen LogP contribution in [0.2, 0.25) is 0 Å². The number of morpholine rings is 1. The van der Waals surface area contributed by atoms with Crippen molar-refractivity contribution in [2.24, 2.45) is 0 Å². The minimum absolute atomic E-state index is 0.0185. The Balaban J connectivity index is 1.45. The standard InChI is InChI=1S/C21H33FN4O2/c1-21(2,26-12-14-28-15-13-26)17-23-20(27)25-9-3-8-24(10-11-25)16-18-4-6-19(22)7-5-18/h4-7H,3,8-17H2,1-2H3,(H,23,27). The third-order valence-corrected chi connectivity index (χ3v) is 5.73. The molecule has 7 heteroatoms. The Morgan fingerprint density at radius 2 is 1.79 bits per heavy atom. The van der Waals surface area contributed by atoms with Gasteiger partial charge in [-0.05, 0) is 38.0 Å². The average molecular weight is 393 g/mol. The van der Waals surface area contributed by atoms with Crippen LogP contribution in [0.4, 0.5) is 9.18 Å². The van der Waals surface area contributed by atoms with E-state index in [9.17, 15) is 9.18 Å². The third-order valence-electron chi connectivity index (χ3n) is 5.73. The first kappa shape index (κ1) is 21.0. The number of ether oxygens (including phenoxy) is 1. The molecule has 0 saturated carbocycles. The maximum atomic E-state index is 13.1. The highest BCUT2D eigenvalue weighted by Crippen LogP contribution is 2.15. The van der Waals surface area contributed by atoms with Crippen LogP contribution < -0.4 is 5.32 Å². The van der Waals surface area contributed by atoms with Crippen molar-refractivity contribution in [3.05, 3.63) is 35.6 Å². The minimum atomic E-state index is -0.206. The zero-order valence-electron chi connectivity index (χ0n) is 17.1. The van der Waals surface area contributed by atoms with Gasteiger partial charge >= 0.3 is 6.03 Å². The van der Waals surface area contributed by atoms with Gasteiger partial charge in [0.05, 0.1) is 13.2 Å². The molecule has 2 saturated heterocycles. The third kappa shape index (κ3) is 5.90. The molecule has 2 fully saturated rings. The molecular weight excluding hydrogens is 359 g/mol. The van der Waals surface area contributed by atoms with Crippen LogP contribution >= 0.6 is 0 Å². The van der Waals surface area contributed by atoms with E-state index in [1.54, 1.807) is 0 Å². The molecule has 1 aromatic carbocycles. The van der Waals surface area contributed by atoms with Crippen molar-refractivity contribution in [3.63, 3.8) is 0 Å². The highest BCUT2D eigenvalue weighted by molar-refractivity contribution is 5.74. The fraction of sp³-hybridized carbons (Fsp3) is 0.667. The van der Waals surface area contributed by atoms with Crippen molar-refractivity contribution >= 4 is 6.03 Å². The molecule has 0 atom stereocenters. The molecule has 2 aliphatic heterocycles. The number of hydrogen-bond acceptors (Lipinski definition) is 4. The predicted octanol–water partition coefficient (Wildman–Crippen LogP) is 2.15. The molecule has 3 rings (SSSR count). The topological polar surface area (TPSA) is 48.1 Å². The number of benzene rings is 1. The zero-order valence-corrected chi connectivity index (χ0v) is 17.1. The molecule has 1 aromatic rings. The second-order valence-corrected chi connectivity index (χ2v) is 8.31. The molecule has 0 aliphatic carbocycles. The normalized spacial score (nSPS) is 20.0. The van der Waals surface area contributed by atoms with E-state index in [4.69, 9.17) is 4.74 Å². The first-order valence-corrected chi connectivity index (χ1v) is 10.3. The predicted molar refractivity (Wildman–Crippen MR) is 108 cm³/mol. The first-order chi connectivity index (χ1) is 13.4. The van der Waals surface area contributed by atoms with E-state index in [0.717, 1.165) is 64.5 Å². The van der Waals surface area contributed by atoms with Crippen molar-refractivity contribution in [1.82, 2.24) is 20.0 Å². The number of hydrogen-bond donors (Lipinski definition) is 1. The molecule has 6 nitrogen and oxygen atoms in total. The number of rotatable bonds is 5. The van der Waals surface area contributed by atoms with Gasteiger partial charge in [-0.3, -0.25) is 9.80 Å². The SMILES string of the molecule is CC(C)(CNC(=O)N1CCCN(Cc2ccc(F)cc2)CC1)N1CCOCC1. The number of nitrogens with one attached hydrogen (secondary N) is 1. The highest BCUT2D eigenvalue weighted by atomic mass is 19.1. The van der Waals surface area contributed by atoms with Crippen LogP contribution in [0.5, 0.6) is 0 Å². The average Bonchev–Trinajstić information content (AvgIpc) is 2.94. The summed E-state index contributed by atoms with van der Waals surface area (Å²) < 4.78 is 18.5. The van der Waals surface area contributed by atoms with E-state index in [-0.39, 0.29) is 17.4 Å². The van der Waals surface area contributed by atoms with Crippen LogP contribution in [0.3, 0.4) is 0 Å². The Bertz CT molecular complexity index is 632. The maximum Gasteiger partial charge on any atom is 0.317 e. The largest absolute Gasteiger partial charge is 0.379 e. The van der Waals surface area contributed by atoms with Crippen molar-refractivity contribution < 1.29 is 13.9 Å². The van der Waals surface area contributed by atoms with Gasteiger partial charge in [-0.2, -0.15) is 0 Å². The summed E-state index contributed by atoms with van der Waals surface area (Å²) in [6.45, 7) is 12.3. The van der Waals surface area contributed by atoms with Crippen LogP contribution in [0.25, 0.3) is 0 Å². The molecule has 0 spiro atoms. The minimum Gasteiger partial charge on any atom is -0.379 e. The summed E-state index contributed by atoms with van der Waals surface area (Å²) in [5.74, 6) is -0.206. The van der Waals surface area contributed by atoms with Crippen molar-refractivity contribution in [3.8, 4) is 0 Å². The van der Waals surface area contributed by atoms with Gasteiger partial charge in [0, 0.05) is 57.9 Å². The fourth-order valence-corrected chi connectivity index (χ4v) is 3.86. The molecule has 2 amide bonds. The summed E-state index contributed by atoms with van der Waals surface area (Å²) in [6, 6.07) is 6.69. The molecule has 0 bridgehead atoms. The van der Waals surface area contributed by atoms with Gasteiger partial charge in [0.1, 0.15) is 5.82 Å². The van der Waals surface area contributed by atoms with E-state index < -0.39 is 0 Å². The number of amides is 2. The van der Waals surface area contributed by atoms with Gasteiger partial charge in [-0.15, -0.1) is 0 Å². The Morgan fingerprint density at radius 3 is 2.50 bits per heavy atom. The van der Waals surface area contributed by atoms with Gasteiger partial charge in [0.15, 0.2) is 0 Å². The van der Waals surface area contributed by atoms with E-state index in [1.807, 2.05) is 17.0 Å². The highest BCUT2D eigenvalue weighted by Gasteiger charge is 2.29. The van der Waals surface area contributed by atoms with Crippen LogP contribution in [-0.4, -0.2) is 85.3 Å². The second-order valence-electron chi connectivity index (χ2n) is 8.31.